The number of hydrogen-bond acceptors (Lipinski definition) is 1. The number of rotatable bonds is 4. The first-order valence-corrected chi connectivity index (χ1v) is 6.95. The van der Waals surface area contributed by atoms with Gasteiger partial charge in [-0.05, 0) is 37.2 Å². The maximum atomic E-state index is 11.1. The molecule has 0 aromatic heterocycles. The molecule has 18 heavy (non-hydrogen) atoms. The van der Waals surface area contributed by atoms with Crippen LogP contribution in [-0.2, 0) is 4.79 Å². The van der Waals surface area contributed by atoms with Gasteiger partial charge in [-0.1, -0.05) is 49.1 Å². The SMILES string of the molecule is Cc1cccc(C(CC(=O)O)C2CCCCC2)c1. The zero-order valence-corrected chi connectivity index (χ0v) is 11.1. The smallest absolute Gasteiger partial charge is 0.303 e. The molecule has 0 heterocycles. The molecule has 1 N–H and O–H groups in total. The summed E-state index contributed by atoms with van der Waals surface area (Å²) in [6.45, 7) is 2.07. The van der Waals surface area contributed by atoms with E-state index in [0.717, 1.165) is 0 Å². The molecule has 1 atom stereocenters. The normalized spacial score (nSPS) is 18.5. The Morgan fingerprint density at radius 3 is 2.67 bits per heavy atom. The fourth-order valence-corrected chi connectivity index (χ4v) is 3.18. The summed E-state index contributed by atoms with van der Waals surface area (Å²) in [6.07, 6.45) is 6.47. The lowest BCUT2D eigenvalue weighted by Crippen LogP contribution is -2.19. The van der Waals surface area contributed by atoms with Crippen molar-refractivity contribution in [2.45, 2.75) is 51.4 Å². The first kappa shape index (κ1) is 13.1. The number of carboxylic acids is 1. The highest BCUT2D eigenvalue weighted by Crippen LogP contribution is 2.38. The van der Waals surface area contributed by atoms with E-state index in [9.17, 15) is 4.79 Å². The van der Waals surface area contributed by atoms with Crippen molar-refractivity contribution in [3.8, 4) is 0 Å². The van der Waals surface area contributed by atoms with E-state index in [1.54, 1.807) is 0 Å². The van der Waals surface area contributed by atoms with Gasteiger partial charge >= 0.3 is 5.97 Å². The van der Waals surface area contributed by atoms with Crippen LogP contribution in [0.25, 0.3) is 0 Å². The van der Waals surface area contributed by atoms with Crippen LogP contribution >= 0.6 is 0 Å². The van der Waals surface area contributed by atoms with E-state index in [0.29, 0.717) is 5.92 Å². The van der Waals surface area contributed by atoms with E-state index in [4.69, 9.17) is 5.11 Å². The lowest BCUT2D eigenvalue weighted by atomic mass is 9.75. The molecule has 1 fully saturated rings. The topological polar surface area (TPSA) is 37.3 Å². The second kappa shape index (κ2) is 6.03. The Labute approximate surface area is 109 Å². The van der Waals surface area contributed by atoms with Crippen molar-refractivity contribution < 1.29 is 9.90 Å². The first-order valence-electron chi connectivity index (χ1n) is 6.95. The number of aliphatic carboxylic acids is 1. The van der Waals surface area contributed by atoms with Gasteiger partial charge in [0.2, 0.25) is 0 Å². The summed E-state index contributed by atoms with van der Waals surface area (Å²) in [5.74, 6) is 0.0754. The molecule has 0 radical (unpaired) electrons. The van der Waals surface area contributed by atoms with Crippen LogP contribution in [0.15, 0.2) is 24.3 Å². The minimum atomic E-state index is -0.674. The molecule has 1 aliphatic rings. The number of carbonyl (C=O) groups is 1. The van der Waals surface area contributed by atoms with Gasteiger partial charge in [-0.2, -0.15) is 0 Å². The van der Waals surface area contributed by atoms with Gasteiger partial charge in [0.05, 0.1) is 6.42 Å². The van der Waals surface area contributed by atoms with Gasteiger partial charge in [-0.25, -0.2) is 0 Å². The maximum absolute atomic E-state index is 11.1. The standard InChI is InChI=1S/C16H22O2/c1-12-6-5-9-14(10-12)15(11-16(17)18)13-7-3-2-4-8-13/h5-6,9-10,13,15H,2-4,7-8,11H2,1H3,(H,17,18). The summed E-state index contributed by atoms with van der Waals surface area (Å²) in [5, 5.41) is 9.15. The Balaban J connectivity index is 2.20. The van der Waals surface area contributed by atoms with Crippen molar-refractivity contribution in [2.24, 2.45) is 5.92 Å². The van der Waals surface area contributed by atoms with Crippen molar-refractivity contribution in [1.82, 2.24) is 0 Å². The minimum absolute atomic E-state index is 0.197. The monoisotopic (exact) mass is 246 g/mol. The summed E-state index contributed by atoms with van der Waals surface area (Å²) in [7, 11) is 0. The molecular weight excluding hydrogens is 224 g/mol. The van der Waals surface area contributed by atoms with Crippen LogP contribution in [0, 0.1) is 12.8 Å². The molecule has 2 heteroatoms. The summed E-state index contributed by atoms with van der Waals surface area (Å²) in [4.78, 5) is 11.1. The maximum Gasteiger partial charge on any atom is 0.303 e. The Kier molecular flexibility index (Phi) is 4.40. The molecule has 2 rings (SSSR count). The lowest BCUT2D eigenvalue weighted by molar-refractivity contribution is -0.137. The molecule has 0 bridgehead atoms. The molecule has 0 aliphatic heterocycles. The number of aryl methyl sites for hydroxylation is 1. The molecule has 1 aromatic carbocycles. The van der Waals surface area contributed by atoms with Crippen LogP contribution in [0.4, 0.5) is 0 Å². The highest BCUT2D eigenvalue weighted by molar-refractivity contribution is 5.68. The lowest BCUT2D eigenvalue weighted by Gasteiger charge is -2.30. The van der Waals surface area contributed by atoms with Crippen LogP contribution in [0.3, 0.4) is 0 Å². The third kappa shape index (κ3) is 3.34. The summed E-state index contributed by atoms with van der Waals surface area (Å²) in [6, 6.07) is 8.36. The highest BCUT2D eigenvalue weighted by Gasteiger charge is 2.27. The first-order chi connectivity index (χ1) is 8.66. The van der Waals surface area contributed by atoms with Gasteiger partial charge < -0.3 is 5.11 Å². The van der Waals surface area contributed by atoms with Gasteiger partial charge in [0.1, 0.15) is 0 Å². The molecule has 1 aromatic rings. The van der Waals surface area contributed by atoms with Crippen LogP contribution in [-0.4, -0.2) is 11.1 Å². The number of hydrogen-bond donors (Lipinski definition) is 1. The third-order valence-corrected chi connectivity index (χ3v) is 4.08. The van der Waals surface area contributed by atoms with Crippen LogP contribution in [0.2, 0.25) is 0 Å². The van der Waals surface area contributed by atoms with Gasteiger partial charge in [0.15, 0.2) is 0 Å². The van der Waals surface area contributed by atoms with Crippen molar-refractivity contribution in [3.63, 3.8) is 0 Å². The second-order valence-corrected chi connectivity index (χ2v) is 5.52. The van der Waals surface area contributed by atoms with Crippen molar-refractivity contribution in [1.29, 1.82) is 0 Å². The third-order valence-electron chi connectivity index (χ3n) is 4.08. The molecule has 2 nitrogen and oxygen atoms in total. The van der Waals surface area contributed by atoms with E-state index < -0.39 is 5.97 Å². The Morgan fingerprint density at radius 2 is 2.06 bits per heavy atom. The zero-order valence-electron chi connectivity index (χ0n) is 11.1. The second-order valence-electron chi connectivity index (χ2n) is 5.52. The fourth-order valence-electron chi connectivity index (χ4n) is 3.18. The molecule has 0 spiro atoms. The van der Waals surface area contributed by atoms with E-state index in [1.807, 2.05) is 6.07 Å². The van der Waals surface area contributed by atoms with E-state index in [-0.39, 0.29) is 12.3 Å². The Bertz CT molecular complexity index is 405. The molecule has 1 saturated carbocycles. The van der Waals surface area contributed by atoms with Crippen LogP contribution < -0.4 is 0 Å². The number of benzene rings is 1. The highest BCUT2D eigenvalue weighted by atomic mass is 16.4. The average molecular weight is 246 g/mol. The van der Waals surface area contributed by atoms with Crippen LogP contribution in [0.1, 0.15) is 55.6 Å². The van der Waals surface area contributed by atoms with Crippen molar-refractivity contribution in [2.75, 3.05) is 0 Å². The van der Waals surface area contributed by atoms with Gasteiger partial charge in [0, 0.05) is 0 Å². The Hall–Kier alpha value is -1.31. The Morgan fingerprint density at radius 1 is 1.33 bits per heavy atom. The quantitative estimate of drug-likeness (QED) is 0.867. The predicted octanol–water partition coefficient (Wildman–Crippen LogP) is 4.13. The molecule has 1 unspecified atom stereocenters. The molecule has 1 aliphatic carbocycles. The van der Waals surface area contributed by atoms with E-state index in [2.05, 4.69) is 25.1 Å². The largest absolute Gasteiger partial charge is 0.481 e. The molecule has 98 valence electrons. The van der Waals surface area contributed by atoms with Gasteiger partial charge in [0.25, 0.3) is 0 Å². The summed E-state index contributed by atoms with van der Waals surface area (Å²) < 4.78 is 0. The fraction of sp³-hybridized carbons (Fsp3) is 0.562. The summed E-state index contributed by atoms with van der Waals surface area (Å²) in [5.41, 5.74) is 2.43. The van der Waals surface area contributed by atoms with Crippen molar-refractivity contribution in [3.05, 3.63) is 35.4 Å². The van der Waals surface area contributed by atoms with Gasteiger partial charge in [-0.15, -0.1) is 0 Å². The van der Waals surface area contributed by atoms with E-state index in [1.165, 1.54) is 43.2 Å². The van der Waals surface area contributed by atoms with Gasteiger partial charge in [-0.3, -0.25) is 4.79 Å². The summed E-state index contributed by atoms with van der Waals surface area (Å²) >= 11 is 0. The molecule has 0 saturated heterocycles. The average Bonchev–Trinajstić information content (AvgIpc) is 2.37. The molecule has 0 amide bonds. The van der Waals surface area contributed by atoms with E-state index >= 15 is 0 Å². The minimum Gasteiger partial charge on any atom is -0.481 e. The molecular formula is C16H22O2. The van der Waals surface area contributed by atoms with Crippen LogP contribution in [0.5, 0.6) is 0 Å². The zero-order chi connectivity index (χ0) is 13.0. The van der Waals surface area contributed by atoms with Crippen molar-refractivity contribution >= 4 is 5.97 Å². The predicted molar refractivity (Wildman–Crippen MR) is 72.7 cm³/mol. The number of carboxylic acid groups (broad SMARTS) is 1.